The number of carbonyl (C=O) groups excluding carboxylic acids is 1. The number of nitrogens with one attached hydrogen (secondary N) is 1. The Morgan fingerprint density at radius 1 is 1.43 bits per heavy atom. The highest BCUT2D eigenvalue weighted by Crippen LogP contribution is 2.25. The molecule has 0 saturated carbocycles. The van der Waals surface area contributed by atoms with Gasteiger partial charge in [-0.15, -0.1) is 11.3 Å². The minimum Gasteiger partial charge on any atom is -0.322 e. The largest absolute Gasteiger partial charge is 0.322 e. The molecule has 118 valence electrons. The van der Waals surface area contributed by atoms with Crippen LogP contribution in [0.5, 0.6) is 0 Å². The standard InChI is InChI=1S/C16H15FN4OS/c17-11-3-5-21(9-11)16(22)18-12-4-6-20-10-13(19-15(20)8-12)14-2-1-7-23-14/h1-2,4,6-8,10-11H,3,5,9H2,(H,18,22)/t11-/m0/s1. The molecule has 3 aromatic rings. The zero-order chi connectivity index (χ0) is 15.8. The van der Waals surface area contributed by atoms with Gasteiger partial charge < -0.3 is 14.6 Å². The molecule has 1 aliphatic heterocycles. The number of carbonyl (C=O) groups is 1. The van der Waals surface area contributed by atoms with E-state index >= 15 is 0 Å². The zero-order valence-electron chi connectivity index (χ0n) is 12.3. The number of urea groups is 1. The third-order valence-electron chi connectivity index (χ3n) is 3.90. The van der Waals surface area contributed by atoms with Crippen LogP contribution in [0.15, 0.2) is 42.0 Å². The summed E-state index contributed by atoms with van der Waals surface area (Å²) in [5, 5.41) is 4.82. The predicted molar refractivity (Wildman–Crippen MR) is 88.6 cm³/mol. The van der Waals surface area contributed by atoms with Gasteiger partial charge in [0.25, 0.3) is 0 Å². The van der Waals surface area contributed by atoms with Crippen molar-refractivity contribution in [2.45, 2.75) is 12.6 Å². The van der Waals surface area contributed by atoms with Gasteiger partial charge in [0, 0.05) is 30.7 Å². The van der Waals surface area contributed by atoms with Crippen LogP contribution in [0.4, 0.5) is 14.9 Å². The van der Waals surface area contributed by atoms with E-state index in [0.29, 0.717) is 18.7 Å². The molecule has 0 radical (unpaired) electrons. The van der Waals surface area contributed by atoms with Gasteiger partial charge >= 0.3 is 6.03 Å². The number of fused-ring (bicyclic) bond motifs is 1. The van der Waals surface area contributed by atoms with E-state index in [4.69, 9.17) is 0 Å². The number of rotatable bonds is 2. The molecule has 3 aromatic heterocycles. The van der Waals surface area contributed by atoms with Crippen LogP contribution in [0.25, 0.3) is 16.2 Å². The topological polar surface area (TPSA) is 49.6 Å². The zero-order valence-corrected chi connectivity index (χ0v) is 13.1. The first kappa shape index (κ1) is 14.2. The van der Waals surface area contributed by atoms with Gasteiger partial charge in [-0.3, -0.25) is 0 Å². The second-order valence-corrected chi connectivity index (χ2v) is 6.49. The minimum absolute atomic E-state index is 0.167. The van der Waals surface area contributed by atoms with Crippen LogP contribution in [0, 0.1) is 0 Å². The number of alkyl halides is 1. The fourth-order valence-electron chi connectivity index (χ4n) is 2.71. The van der Waals surface area contributed by atoms with E-state index in [1.54, 1.807) is 11.3 Å². The first-order valence-electron chi connectivity index (χ1n) is 7.42. The number of halogens is 1. The second kappa shape index (κ2) is 5.66. The fourth-order valence-corrected chi connectivity index (χ4v) is 3.39. The summed E-state index contributed by atoms with van der Waals surface area (Å²) in [5.74, 6) is 0. The van der Waals surface area contributed by atoms with Crippen LogP contribution in [-0.2, 0) is 0 Å². The number of likely N-dealkylation sites (tertiary alicyclic amines) is 1. The Morgan fingerprint density at radius 3 is 3.09 bits per heavy atom. The van der Waals surface area contributed by atoms with Crippen molar-refractivity contribution in [1.29, 1.82) is 0 Å². The number of aromatic nitrogens is 2. The Hall–Kier alpha value is -2.41. The lowest BCUT2D eigenvalue weighted by molar-refractivity contribution is 0.218. The van der Waals surface area contributed by atoms with Gasteiger partial charge in [-0.2, -0.15) is 0 Å². The summed E-state index contributed by atoms with van der Waals surface area (Å²) in [4.78, 5) is 19.3. The van der Waals surface area contributed by atoms with Crippen LogP contribution in [0.3, 0.4) is 0 Å². The molecule has 1 N–H and O–H groups in total. The highest BCUT2D eigenvalue weighted by molar-refractivity contribution is 7.13. The summed E-state index contributed by atoms with van der Waals surface area (Å²) < 4.78 is 15.1. The van der Waals surface area contributed by atoms with Gasteiger partial charge in [-0.25, -0.2) is 14.2 Å². The van der Waals surface area contributed by atoms with Crippen LogP contribution < -0.4 is 5.32 Å². The summed E-state index contributed by atoms with van der Waals surface area (Å²) >= 11 is 1.64. The molecule has 1 aliphatic rings. The van der Waals surface area contributed by atoms with E-state index in [2.05, 4.69) is 10.3 Å². The normalized spacial score (nSPS) is 17.8. The van der Waals surface area contributed by atoms with E-state index in [0.717, 1.165) is 16.2 Å². The van der Waals surface area contributed by atoms with Crippen LogP contribution in [-0.4, -0.2) is 39.6 Å². The predicted octanol–water partition coefficient (Wildman–Crippen LogP) is 3.64. The smallest absolute Gasteiger partial charge is 0.321 e. The SMILES string of the molecule is O=C(Nc1ccn2cc(-c3cccs3)nc2c1)N1CC[C@H](F)C1. The summed E-state index contributed by atoms with van der Waals surface area (Å²) in [6, 6.07) is 7.38. The summed E-state index contributed by atoms with van der Waals surface area (Å²) in [6.45, 7) is 0.626. The van der Waals surface area contributed by atoms with Crippen LogP contribution in [0.1, 0.15) is 6.42 Å². The average molecular weight is 330 g/mol. The third-order valence-corrected chi connectivity index (χ3v) is 4.80. The lowest BCUT2D eigenvalue weighted by Crippen LogP contribution is -2.33. The lowest BCUT2D eigenvalue weighted by Gasteiger charge is -2.16. The molecule has 0 aromatic carbocycles. The Kier molecular flexibility index (Phi) is 3.49. The molecular formula is C16H15FN4OS. The molecule has 0 bridgehead atoms. The van der Waals surface area contributed by atoms with Crippen molar-refractivity contribution >= 4 is 28.7 Å². The molecule has 4 rings (SSSR count). The van der Waals surface area contributed by atoms with E-state index in [1.807, 2.05) is 46.4 Å². The van der Waals surface area contributed by atoms with Crippen LogP contribution in [0.2, 0.25) is 0 Å². The van der Waals surface area contributed by atoms with Gasteiger partial charge in [0.1, 0.15) is 11.8 Å². The molecule has 5 nitrogen and oxygen atoms in total. The Morgan fingerprint density at radius 2 is 2.35 bits per heavy atom. The first-order valence-corrected chi connectivity index (χ1v) is 8.29. The van der Waals surface area contributed by atoms with E-state index < -0.39 is 6.17 Å². The van der Waals surface area contributed by atoms with E-state index in [9.17, 15) is 9.18 Å². The quantitative estimate of drug-likeness (QED) is 0.780. The van der Waals surface area contributed by atoms with Crippen molar-refractivity contribution in [2.24, 2.45) is 0 Å². The second-order valence-electron chi connectivity index (χ2n) is 5.55. The van der Waals surface area contributed by atoms with Gasteiger partial charge in [0.15, 0.2) is 0 Å². The number of imidazole rings is 1. The maximum atomic E-state index is 13.2. The van der Waals surface area contributed by atoms with Crippen molar-refractivity contribution in [1.82, 2.24) is 14.3 Å². The molecule has 1 saturated heterocycles. The monoisotopic (exact) mass is 330 g/mol. The van der Waals surface area contributed by atoms with Gasteiger partial charge in [0.05, 0.1) is 17.1 Å². The number of amides is 2. The van der Waals surface area contributed by atoms with Crippen molar-refractivity contribution in [3.8, 4) is 10.6 Å². The number of pyridine rings is 1. The van der Waals surface area contributed by atoms with Crippen LogP contribution >= 0.6 is 11.3 Å². The summed E-state index contributed by atoms with van der Waals surface area (Å²) in [7, 11) is 0. The van der Waals surface area contributed by atoms with Gasteiger partial charge in [-0.1, -0.05) is 6.07 Å². The molecule has 0 unspecified atom stereocenters. The highest BCUT2D eigenvalue weighted by atomic mass is 32.1. The molecule has 1 fully saturated rings. The molecule has 23 heavy (non-hydrogen) atoms. The summed E-state index contributed by atoms with van der Waals surface area (Å²) in [6.07, 6.45) is 3.32. The van der Waals surface area contributed by atoms with Crippen molar-refractivity contribution in [2.75, 3.05) is 18.4 Å². The Bertz CT molecular complexity index is 845. The first-order chi connectivity index (χ1) is 11.2. The number of nitrogens with zero attached hydrogens (tertiary/aromatic N) is 3. The van der Waals surface area contributed by atoms with Gasteiger partial charge in [-0.05, 0) is 23.9 Å². The number of anilines is 1. The Labute approximate surface area is 136 Å². The molecular weight excluding hydrogens is 315 g/mol. The average Bonchev–Trinajstić information content (AvgIpc) is 3.26. The maximum absolute atomic E-state index is 13.2. The molecule has 7 heteroatoms. The molecule has 1 atom stereocenters. The lowest BCUT2D eigenvalue weighted by atomic mass is 10.3. The van der Waals surface area contributed by atoms with Crippen molar-refractivity contribution in [3.63, 3.8) is 0 Å². The molecule has 2 amide bonds. The summed E-state index contributed by atoms with van der Waals surface area (Å²) in [5.41, 5.74) is 2.33. The van der Waals surface area contributed by atoms with E-state index in [1.165, 1.54) is 4.90 Å². The van der Waals surface area contributed by atoms with Crippen molar-refractivity contribution < 1.29 is 9.18 Å². The molecule has 4 heterocycles. The highest BCUT2D eigenvalue weighted by Gasteiger charge is 2.25. The third kappa shape index (κ3) is 2.79. The van der Waals surface area contributed by atoms with Crippen molar-refractivity contribution in [3.05, 3.63) is 42.0 Å². The van der Waals surface area contributed by atoms with Gasteiger partial charge in [0.2, 0.25) is 0 Å². The number of thiophene rings is 1. The van der Waals surface area contributed by atoms with E-state index in [-0.39, 0.29) is 12.6 Å². The maximum Gasteiger partial charge on any atom is 0.321 e. The molecule has 0 aliphatic carbocycles. The minimum atomic E-state index is -0.913. The fraction of sp³-hybridized carbons (Fsp3) is 0.250. The molecule has 0 spiro atoms. The number of hydrogen-bond acceptors (Lipinski definition) is 3. The number of hydrogen-bond donors (Lipinski definition) is 1. The Balaban J connectivity index is 1.55.